The SMILES string of the molecule is COC[C@@H]1CCC(=O)N1c1ccc(C(=O)N2CCN(c3ncc(C)cc3C)CC2)c(F)c1.Cl. The van der Waals surface area contributed by atoms with Gasteiger partial charge in [-0.3, -0.25) is 9.59 Å². The molecule has 3 heterocycles. The average Bonchev–Trinajstić information content (AvgIpc) is 3.14. The Morgan fingerprint density at radius 1 is 1.18 bits per heavy atom. The molecule has 2 aliphatic heterocycles. The standard InChI is InChI=1S/C24H29FN4O3.ClH/c1-16-12-17(2)23(26-14-16)27-8-10-28(11-9-27)24(31)20-6-4-18(13-21(20)25)29-19(15-32-3)5-7-22(29)30;/h4,6,12-14,19H,5,7-11,15H2,1-3H3;1H/t19-;/m0./s1. The van der Waals surface area contributed by atoms with Crippen LogP contribution in [0, 0.1) is 19.7 Å². The smallest absolute Gasteiger partial charge is 0.256 e. The lowest BCUT2D eigenvalue weighted by Gasteiger charge is -2.36. The number of amides is 2. The Morgan fingerprint density at radius 2 is 1.91 bits per heavy atom. The van der Waals surface area contributed by atoms with E-state index in [2.05, 4.69) is 16.0 Å². The number of anilines is 2. The molecular weight excluding hydrogens is 447 g/mol. The van der Waals surface area contributed by atoms with Crippen molar-refractivity contribution in [3.05, 3.63) is 53.0 Å². The van der Waals surface area contributed by atoms with Crippen LogP contribution in [0.25, 0.3) is 0 Å². The zero-order valence-electron chi connectivity index (χ0n) is 19.2. The van der Waals surface area contributed by atoms with Crippen molar-refractivity contribution in [1.29, 1.82) is 0 Å². The Bertz CT molecular complexity index is 1030. The van der Waals surface area contributed by atoms with E-state index in [1.54, 1.807) is 23.0 Å². The van der Waals surface area contributed by atoms with Gasteiger partial charge in [-0.1, -0.05) is 6.07 Å². The Kier molecular flexibility index (Phi) is 7.92. The van der Waals surface area contributed by atoms with Crippen LogP contribution in [-0.2, 0) is 9.53 Å². The van der Waals surface area contributed by atoms with Crippen LogP contribution < -0.4 is 9.80 Å². The molecule has 1 atom stereocenters. The van der Waals surface area contributed by atoms with Gasteiger partial charge in [-0.2, -0.15) is 0 Å². The molecule has 2 aromatic rings. The van der Waals surface area contributed by atoms with E-state index >= 15 is 0 Å². The Hall–Kier alpha value is -2.71. The summed E-state index contributed by atoms with van der Waals surface area (Å²) in [6, 6.07) is 6.41. The summed E-state index contributed by atoms with van der Waals surface area (Å²) in [5.41, 5.74) is 2.72. The number of benzene rings is 1. The maximum atomic E-state index is 14.9. The number of methoxy groups -OCH3 is 1. The van der Waals surface area contributed by atoms with Crippen LogP contribution >= 0.6 is 12.4 Å². The minimum atomic E-state index is -0.609. The first kappa shape index (κ1) is 24.9. The Morgan fingerprint density at radius 3 is 2.55 bits per heavy atom. The number of nitrogens with zero attached hydrogens (tertiary/aromatic N) is 4. The van der Waals surface area contributed by atoms with Crippen LogP contribution in [0.3, 0.4) is 0 Å². The van der Waals surface area contributed by atoms with E-state index in [4.69, 9.17) is 4.74 Å². The van der Waals surface area contributed by atoms with Gasteiger partial charge in [0, 0.05) is 51.6 Å². The van der Waals surface area contributed by atoms with Gasteiger partial charge in [-0.15, -0.1) is 12.4 Å². The molecule has 9 heteroatoms. The minimum Gasteiger partial charge on any atom is -0.383 e. The van der Waals surface area contributed by atoms with Gasteiger partial charge in [0.2, 0.25) is 5.91 Å². The number of carbonyl (C=O) groups is 2. The fourth-order valence-electron chi connectivity index (χ4n) is 4.61. The zero-order valence-corrected chi connectivity index (χ0v) is 20.0. The number of pyridine rings is 1. The van der Waals surface area contributed by atoms with Gasteiger partial charge >= 0.3 is 0 Å². The topological polar surface area (TPSA) is 66.0 Å². The molecule has 0 spiro atoms. The molecule has 1 aromatic heterocycles. The molecule has 0 aliphatic carbocycles. The first-order valence-electron chi connectivity index (χ1n) is 11.0. The molecule has 0 N–H and O–H groups in total. The third-order valence-electron chi connectivity index (χ3n) is 6.20. The molecule has 7 nitrogen and oxygen atoms in total. The van der Waals surface area contributed by atoms with Crippen LogP contribution in [0.1, 0.15) is 34.3 Å². The number of rotatable bonds is 5. The first-order valence-corrected chi connectivity index (χ1v) is 11.0. The Labute approximate surface area is 199 Å². The van der Waals surface area contributed by atoms with Gasteiger partial charge in [-0.05, 0) is 49.6 Å². The van der Waals surface area contributed by atoms with Gasteiger partial charge in [-0.25, -0.2) is 9.37 Å². The van der Waals surface area contributed by atoms with Crippen molar-refractivity contribution in [2.24, 2.45) is 0 Å². The lowest BCUT2D eigenvalue weighted by molar-refractivity contribution is -0.117. The third-order valence-corrected chi connectivity index (χ3v) is 6.20. The van der Waals surface area contributed by atoms with E-state index in [-0.39, 0.29) is 35.8 Å². The van der Waals surface area contributed by atoms with E-state index < -0.39 is 5.82 Å². The van der Waals surface area contributed by atoms with Crippen molar-refractivity contribution < 1.29 is 18.7 Å². The quantitative estimate of drug-likeness (QED) is 0.662. The number of halogens is 2. The summed E-state index contributed by atoms with van der Waals surface area (Å²) >= 11 is 0. The predicted octanol–water partition coefficient (Wildman–Crippen LogP) is 3.36. The molecule has 2 amide bonds. The number of aromatic nitrogens is 1. The average molecular weight is 477 g/mol. The summed E-state index contributed by atoms with van der Waals surface area (Å²) in [5, 5.41) is 0. The molecule has 0 unspecified atom stereocenters. The van der Waals surface area contributed by atoms with Crippen molar-refractivity contribution in [3.8, 4) is 0 Å². The predicted molar refractivity (Wildman–Crippen MR) is 128 cm³/mol. The lowest BCUT2D eigenvalue weighted by atomic mass is 10.1. The van der Waals surface area contributed by atoms with Crippen molar-refractivity contribution in [2.45, 2.75) is 32.7 Å². The fourth-order valence-corrected chi connectivity index (χ4v) is 4.61. The van der Waals surface area contributed by atoms with Gasteiger partial charge < -0.3 is 19.4 Å². The van der Waals surface area contributed by atoms with Crippen LogP contribution in [0.5, 0.6) is 0 Å². The van der Waals surface area contributed by atoms with Crippen molar-refractivity contribution in [1.82, 2.24) is 9.88 Å². The third kappa shape index (κ3) is 5.12. The number of hydrogen-bond acceptors (Lipinski definition) is 5. The monoisotopic (exact) mass is 476 g/mol. The van der Waals surface area contributed by atoms with E-state index in [1.165, 1.54) is 12.1 Å². The van der Waals surface area contributed by atoms with E-state index in [0.717, 1.165) is 16.9 Å². The highest BCUT2D eigenvalue weighted by atomic mass is 35.5. The molecule has 33 heavy (non-hydrogen) atoms. The van der Waals surface area contributed by atoms with E-state index in [9.17, 15) is 14.0 Å². The van der Waals surface area contributed by atoms with E-state index in [0.29, 0.717) is 51.3 Å². The highest BCUT2D eigenvalue weighted by Gasteiger charge is 2.33. The zero-order chi connectivity index (χ0) is 22.8. The first-order chi connectivity index (χ1) is 15.4. The summed E-state index contributed by atoms with van der Waals surface area (Å²) in [5.74, 6) is -0.0638. The van der Waals surface area contributed by atoms with Crippen molar-refractivity contribution in [2.75, 3.05) is 49.7 Å². The molecule has 2 fully saturated rings. The van der Waals surface area contributed by atoms with Gasteiger partial charge in [0.25, 0.3) is 5.91 Å². The minimum absolute atomic E-state index is 0. The fraction of sp³-hybridized carbons (Fsp3) is 0.458. The molecule has 2 saturated heterocycles. The summed E-state index contributed by atoms with van der Waals surface area (Å²) in [7, 11) is 1.58. The molecule has 0 radical (unpaired) electrons. The maximum absolute atomic E-state index is 14.9. The molecule has 0 saturated carbocycles. The normalized spacial score (nSPS) is 18.5. The summed E-state index contributed by atoms with van der Waals surface area (Å²) in [6.07, 6.45) is 2.93. The van der Waals surface area contributed by atoms with E-state index in [1.807, 2.05) is 20.0 Å². The van der Waals surface area contributed by atoms with Crippen LogP contribution in [0.15, 0.2) is 30.5 Å². The Balaban J connectivity index is 0.00000306. The number of hydrogen-bond donors (Lipinski definition) is 0. The molecule has 2 aliphatic rings. The second-order valence-electron chi connectivity index (χ2n) is 8.51. The van der Waals surface area contributed by atoms with Crippen LogP contribution in [-0.4, -0.2) is 67.6 Å². The number of aryl methyl sites for hydroxylation is 2. The molecular formula is C24H30ClFN4O3. The lowest BCUT2D eigenvalue weighted by Crippen LogP contribution is -2.49. The van der Waals surface area contributed by atoms with Gasteiger partial charge in [0.15, 0.2) is 0 Å². The summed E-state index contributed by atoms with van der Waals surface area (Å²) in [4.78, 5) is 35.2. The second-order valence-corrected chi connectivity index (χ2v) is 8.51. The van der Waals surface area contributed by atoms with Crippen LogP contribution in [0.2, 0.25) is 0 Å². The number of piperazine rings is 1. The molecule has 178 valence electrons. The van der Waals surface area contributed by atoms with Gasteiger partial charge in [0.05, 0.1) is 18.2 Å². The molecule has 0 bridgehead atoms. The summed E-state index contributed by atoms with van der Waals surface area (Å²) < 4.78 is 20.1. The highest BCUT2D eigenvalue weighted by Crippen LogP contribution is 2.29. The molecule has 4 rings (SSSR count). The van der Waals surface area contributed by atoms with Crippen molar-refractivity contribution >= 4 is 35.7 Å². The van der Waals surface area contributed by atoms with Crippen molar-refractivity contribution in [3.63, 3.8) is 0 Å². The summed E-state index contributed by atoms with van der Waals surface area (Å²) in [6.45, 7) is 6.72. The largest absolute Gasteiger partial charge is 0.383 e. The second kappa shape index (κ2) is 10.5. The van der Waals surface area contributed by atoms with Gasteiger partial charge in [0.1, 0.15) is 11.6 Å². The number of carbonyl (C=O) groups excluding carboxylic acids is 2. The molecule has 1 aromatic carbocycles. The highest BCUT2D eigenvalue weighted by molar-refractivity contribution is 5.98. The number of ether oxygens (including phenoxy) is 1. The maximum Gasteiger partial charge on any atom is 0.256 e. The van der Waals surface area contributed by atoms with Crippen LogP contribution in [0.4, 0.5) is 15.9 Å².